The Morgan fingerprint density at radius 1 is 1.53 bits per heavy atom. The van der Waals surface area contributed by atoms with Gasteiger partial charge < -0.3 is 9.64 Å². The van der Waals surface area contributed by atoms with Crippen LogP contribution in [0.2, 0.25) is 0 Å². The zero-order chi connectivity index (χ0) is 13.5. The highest BCUT2D eigenvalue weighted by molar-refractivity contribution is 5.76. The molecule has 0 aliphatic carbocycles. The van der Waals surface area contributed by atoms with Gasteiger partial charge in [-0.05, 0) is 18.6 Å². The molecule has 0 radical (unpaired) electrons. The van der Waals surface area contributed by atoms with Crippen LogP contribution in [0.3, 0.4) is 0 Å². The number of carbonyl (C=O) groups is 1. The van der Waals surface area contributed by atoms with Gasteiger partial charge in [0.15, 0.2) is 0 Å². The minimum atomic E-state index is 0.188. The van der Waals surface area contributed by atoms with Crippen LogP contribution in [-0.4, -0.2) is 35.0 Å². The fourth-order valence-electron chi connectivity index (χ4n) is 2.22. The molecule has 1 fully saturated rings. The van der Waals surface area contributed by atoms with Crippen molar-refractivity contribution in [2.24, 2.45) is 0 Å². The van der Waals surface area contributed by atoms with Crippen LogP contribution in [0.25, 0.3) is 0 Å². The van der Waals surface area contributed by atoms with Crippen LogP contribution in [0, 0.1) is 0 Å². The molecule has 0 N–H and O–H groups in total. The zero-order valence-corrected chi connectivity index (χ0v) is 11.1. The van der Waals surface area contributed by atoms with Crippen molar-refractivity contribution in [3.05, 3.63) is 37.2 Å². The molecule has 4 nitrogen and oxygen atoms in total. The first-order valence-corrected chi connectivity index (χ1v) is 6.75. The van der Waals surface area contributed by atoms with Gasteiger partial charge in [-0.1, -0.05) is 6.08 Å². The van der Waals surface area contributed by atoms with Crippen molar-refractivity contribution in [2.75, 3.05) is 13.1 Å². The lowest BCUT2D eigenvalue weighted by Gasteiger charge is -2.32. The summed E-state index contributed by atoms with van der Waals surface area (Å²) in [4.78, 5) is 17.8. The average Bonchev–Trinajstić information content (AvgIpc) is 2.46. The molecule has 0 aromatic carbocycles. The molecule has 1 saturated heterocycles. The first-order valence-electron chi connectivity index (χ1n) is 6.75. The number of amides is 1. The summed E-state index contributed by atoms with van der Waals surface area (Å²) in [6.07, 6.45) is 8.52. The zero-order valence-electron chi connectivity index (χ0n) is 11.1. The number of piperidine rings is 1. The largest absolute Gasteiger partial charge is 0.489 e. The lowest BCUT2D eigenvalue weighted by atomic mass is 10.1. The molecule has 1 aromatic heterocycles. The maximum atomic E-state index is 11.8. The lowest BCUT2D eigenvalue weighted by molar-refractivity contribution is -0.132. The number of rotatable bonds is 5. The quantitative estimate of drug-likeness (QED) is 0.764. The smallest absolute Gasteiger partial charge is 0.222 e. The Labute approximate surface area is 114 Å². The van der Waals surface area contributed by atoms with E-state index in [1.807, 2.05) is 17.0 Å². The van der Waals surface area contributed by atoms with Gasteiger partial charge in [-0.2, -0.15) is 0 Å². The molecule has 0 saturated carbocycles. The molecule has 0 atom stereocenters. The van der Waals surface area contributed by atoms with Crippen molar-refractivity contribution >= 4 is 5.91 Å². The number of pyridine rings is 1. The van der Waals surface area contributed by atoms with Crippen LogP contribution in [-0.2, 0) is 4.79 Å². The Balaban J connectivity index is 1.76. The third-order valence-corrected chi connectivity index (χ3v) is 3.29. The van der Waals surface area contributed by atoms with E-state index in [1.54, 1.807) is 18.5 Å². The number of ether oxygens (including phenoxy) is 1. The van der Waals surface area contributed by atoms with Crippen LogP contribution in [0.15, 0.2) is 37.2 Å². The Kier molecular flexibility index (Phi) is 4.95. The predicted octanol–water partition coefficient (Wildman–Crippen LogP) is 2.42. The van der Waals surface area contributed by atoms with Crippen molar-refractivity contribution in [1.82, 2.24) is 9.88 Å². The fraction of sp³-hybridized carbons (Fsp3) is 0.467. The number of hydrogen-bond donors (Lipinski definition) is 0. The van der Waals surface area contributed by atoms with E-state index in [0.717, 1.165) is 38.1 Å². The van der Waals surface area contributed by atoms with Gasteiger partial charge in [0.25, 0.3) is 0 Å². The molecule has 19 heavy (non-hydrogen) atoms. The second-order valence-corrected chi connectivity index (χ2v) is 4.71. The summed E-state index contributed by atoms with van der Waals surface area (Å²) in [6.45, 7) is 5.20. The van der Waals surface area contributed by atoms with Crippen molar-refractivity contribution in [3.8, 4) is 5.75 Å². The molecule has 102 valence electrons. The normalized spacial score (nSPS) is 16.1. The molecule has 0 unspecified atom stereocenters. The van der Waals surface area contributed by atoms with E-state index in [0.29, 0.717) is 6.42 Å². The van der Waals surface area contributed by atoms with Crippen LogP contribution >= 0.6 is 0 Å². The van der Waals surface area contributed by atoms with E-state index in [2.05, 4.69) is 11.6 Å². The van der Waals surface area contributed by atoms with Gasteiger partial charge >= 0.3 is 0 Å². The minimum Gasteiger partial charge on any atom is -0.489 e. The number of nitrogens with zero attached hydrogens (tertiary/aromatic N) is 2. The standard InChI is InChI=1S/C15H20N2O2/c1-2-3-6-15(18)17-10-7-13(8-11-17)19-14-5-4-9-16-12-14/h2,4-5,9,12-13H,1,3,6-8,10-11H2. The summed E-state index contributed by atoms with van der Waals surface area (Å²) >= 11 is 0. The molecule has 1 aliphatic heterocycles. The number of allylic oxidation sites excluding steroid dienone is 1. The molecule has 1 amide bonds. The van der Waals surface area contributed by atoms with Crippen LogP contribution in [0.4, 0.5) is 0 Å². The van der Waals surface area contributed by atoms with E-state index in [-0.39, 0.29) is 12.0 Å². The molecule has 0 bridgehead atoms. The van der Waals surface area contributed by atoms with E-state index < -0.39 is 0 Å². The van der Waals surface area contributed by atoms with E-state index in [9.17, 15) is 4.79 Å². The highest BCUT2D eigenvalue weighted by Gasteiger charge is 2.23. The van der Waals surface area contributed by atoms with E-state index in [4.69, 9.17) is 4.74 Å². The van der Waals surface area contributed by atoms with E-state index in [1.165, 1.54) is 0 Å². The highest BCUT2D eigenvalue weighted by Crippen LogP contribution is 2.18. The van der Waals surface area contributed by atoms with Crippen molar-refractivity contribution in [1.29, 1.82) is 0 Å². The topological polar surface area (TPSA) is 42.4 Å². The van der Waals surface area contributed by atoms with E-state index >= 15 is 0 Å². The Hall–Kier alpha value is -1.84. The van der Waals surface area contributed by atoms with Gasteiger partial charge in [0.2, 0.25) is 5.91 Å². The van der Waals surface area contributed by atoms with Gasteiger partial charge in [0.1, 0.15) is 11.9 Å². The maximum absolute atomic E-state index is 11.8. The fourth-order valence-corrected chi connectivity index (χ4v) is 2.22. The molecular weight excluding hydrogens is 240 g/mol. The summed E-state index contributed by atoms with van der Waals surface area (Å²) in [5.41, 5.74) is 0. The van der Waals surface area contributed by atoms with Gasteiger partial charge in [-0.25, -0.2) is 0 Å². The summed E-state index contributed by atoms with van der Waals surface area (Å²) in [5.74, 6) is 1.03. The molecule has 1 aromatic rings. The molecule has 2 heterocycles. The SMILES string of the molecule is C=CCCC(=O)N1CCC(Oc2cccnc2)CC1. The van der Waals surface area contributed by atoms with Crippen molar-refractivity contribution in [2.45, 2.75) is 31.8 Å². The van der Waals surface area contributed by atoms with Gasteiger partial charge in [0.05, 0.1) is 6.20 Å². The van der Waals surface area contributed by atoms with Crippen molar-refractivity contribution in [3.63, 3.8) is 0 Å². The second kappa shape index (κ2) is 6.92. The lowest BCUT2D eigenvalue weighted by Crippen LogP contribution is -2.41. The second-order valence-electron chi connectivity index (χ2n) is 4.71. The summed E-state index contributed by atoms with van der Waals surface area (Å²) < 4.78 is 5.85. The molecule has 2 rings (SSSR count). The Morgan fingerprint density at radius 3 is 2.95 bits per heavy atom. The maximum Gasteiger partial charge on any atom is 0.222 e. The van der Waals surface area contributed by atoms with Gasteiger partial charge in [0, 0.05) is 38.5 Å². The van der Waals surface area contributed by atoms with Crippen LogP contribution < -0.4 is 4.74 Å². The third-order valence-electron chi connectivity index (χ3n) is 3.29. The van der Waals surface area contributed by atoms with Crippen molar-refractivity contribution < 1.29 is 9.53 Å². The summed E-state index contributed by atoms with van der Waals surface area (Å²) in [7, 11) is 0. The van der Waals surface area contributed by atoms with Crippen LogP contribution in [0.1, 0.15) is 25.7 Å². The summed E-state index contributed by atoms with van der Waals surface area (Å²) in [6, 6.07) is 3.78. The molecule has 0 spiro atoms. The molecule has 1 aliphatic rings. The number of carbonyl (C=O) groups excluding carboxylic acids is 1. The average molecular weight is 260 g/mol. The number of aromatic nitrogens is 1. The molecule has 4 heteroatoms. The van der Waals surface area contributed by atoms with Gasteiger partial charge in [-0.3, -0.25) is 9.78 Å². The van der Waals surface area contributed by atoms with Crippen LogP contribution in [0.5, 0.6) is 5.75 Å². The number of hydrogen-bond acceptors (Lipinski definition) is 3. The highest BCUT2D eigenvalue weighted by atomic mass is 16.5. The third kappa shape index (κ3) is 4.09. The predicted molar refractivity (Wildman–Crippen MR) is 73.9 cm³/mol. The Bertz CT molecular complexity index is 411. The number of likely N-dealkylation sites (tertiary alicyclic amines) is 1. The monoisotopic (exact) mass is 260 g/mol. The first-order chi connectivity index (χ1) is 9.29. The molecular formula is C15H20N2O2. The Morgan fingerprint density at radius 2 is 2.32 bits per heavy atom. The van der Waals surface area contributed by atoms with Gasteiger partial charge in [-0.15, -0.1) is 6.58 Å². The first kappa shape index (κ1) is 13.6. The minimum absolute atomic E-state index is 0.188. The summed E-state index contributed by atoms with van der Waals surface area (Å²) in [5, 5.41) is 0.